The predicted molar refractivity (Wildman–Crippen MR) is 109 cm³/mol. The van der Waals surface area contributed by atoms with E-state index in [0.29, 0.717) is 12.6 Å². The van der Waals surface area contributed by atoms with Crippen LogP contribution in [0, 0.1) is 0 Å². The van der Waals surface area contributed by atoms with Gasteiger partial charge in [-0.2, -0.15) is 0 Å². The topological polar surface area (TPSA) is 36.0 Å². The molecule has 150 valence electrons. The summed E-state index contributed by atoms with van der Waals surface area (Å²) in [6.45, 7) is 13.7. The van der Waals surface area contributed by atoms with Crippen molar-refractivity contribution in [1.29, 1.82) is 0 Å². The van der Waals surface area contributed by atoms with Gasteiger partial charge in [0, 0.05) is 38.8 Å². The molecule has 0 aromatic heterocycles. The zero-order chi connectivity index (χ0) is 19.3. The van der Waals surface area contributed by atoms with Crippen LogP contribution in [0.1, 0.15) is 39.2 Å². The van der Waals surface area contributed by atoms with Gasteiger partial charge in [-0.1, -0.05) is 30.3 Å². The number of piperidine rings is 1. The molecule has 2 heterocycles. The monoisotopic (exact) mass is 373 g/mol. The molecule has 3 rings (SSSR count). The molecule has 5 heteroatoms. The number of ether oxygens (including phenoxy) is 1. The Bertz CT molecular complexity index is 583. The lowest BCUT2D eigenvalue weighted by Crippen LogP contribution is -2.54. The van der Waals surface area contributed by atoms with E-state index in [9.17, 15) is 4.79 Å². The lowest BCUT2D eigenvalue weighted by atomic mass is 10.0. The van der Waals surface area contributed by atoms with E-state index in [-0.39, 0.29) is 5.97 Å². The Hall–Kier alpha value is -1.43. The van der Waals surface area contributed by atoms with Crippen LogP contribution in [0.4, 0.5) is 0 Å². The predicted octanol–water partition coefficient (Wildman–Crippen LogP) is 2.61. The van der Waals surface area contributed by atoms with Gasteiger partial charge in [0.25, 0.3) is 0 Å². The van der Waals surface area contributed by atoms with Crippen LogP contribution in [0.3, 0.4) is 0 Å². The van der Waals surface area contributed by atoms with Gasteiger partial charge < -0.3 is 4.74 Å². The molecule has 0 atom stereocenters. The number of hydrogen-bond acceptors (Lipinski definition) is 5. The summed E-state index contributed by atoms with van der Waals surface area (Å²) in [5, 5.41) is 0. The zero-order valence-electron chi connectivity index (χ0n) is 17.2. The summed E-state index contributed by atoms with van der Waals surface area (Å²) in [5.74, 6) is -0.106. The first-order chi connectivity index (χ1) is 12.9. The van der Waals surface area contributed by atoms with Crippen LogP contribution in [0.2, 0.25) is 0 Å². The minimum atomic E-state index is -0.396. The van der Waals surface area contributed by atoms with Crippen LogP contribution < -0.4 is 0 Å². The first kappa shape index (κ1) is 20.3. The number of carbonyl (C=O) groups excluding carboxylic acids is 1. The summed E-state index contributed by atoms with van der Waals surface area (Å²) < 4.78 is 5.44. The van der Waals surface area contributed by atoms with Gasteiger partial charge in [0.1, 0.15) is 5.60 Å². The number of nitrogens with zero attached hydrogens (tertiary/aromatic N) is 3. The first-order valence-electron chi connectivity index (χ1n) is 10.3. The summed E-state index contributed by atoms with van der Waals surface area (Å²) in [6.07, 6.45) is 2.50. The fourth-order valence-corrected chi connectivity index (χ4v) is 4.13. The van der Waals surface area contributed by atoms with Crippen molar-refractivity contribution in [3.8, 4) is 0 Å². The van der Waals surface area contributed by atoms with Gasteiger partial charge in [-0.05, 0) is 52.3 Å². The number of esters is 1. The maximum Gasteiger partial charge on any atom is 0.320 e. The van der Waals surface area contributed by atoms with Crippen molar-refractivity contribution in [2.75, 3.05) is 45.8 Å². The fourth-order valence-electron chi connectivity index (χ4n) is 4.13. The van der Waals surface area contributed by atoms with Crippen LogP contribution in [-0.2, 0) is 16.1 Å². The van der Waals surface area contributed by atoms with E-state index in [4.69, 9.17) is 4.74 Å². The molecule has 2 aliphatic heterocycles. The molecule has 1 aromatic rings. The Labute approximate surface area is 164 Å². The van der Waals surface area contributed by atoms with E-state index in [1.807, 2.05) is 20.8 Å². The summed E-state index contributed by atoms with van der Waals surface area (Å²) in [5.41, 5.74) is 1.01. The van der Waals surface area contributed by atoms with Crippen molar-refractivity contribution in [3.63, 3.8) is 0 Å². The Morgan fingerprint density at radius 1 is 0.963 bits per heavy atom. The average molecular weight is 374 g/mol. The highest BCUT2D eigenvalue weighted by atomic mass is 16.6. The number of benzene rings is 1. The van der Waals surface area contributed by atoms with Crippen molar-refractivity contribution in [3.05, 3.63) is 35.9 Å². The molecule has 0 aliphatic carbocycles. The normalized spacial score (nSPS) is 21.3. The molecule has 0 amide bonds. The molecule has 0 saturated carbocycles. The van der Waals surface area contributed by atoms with Crippen molar-refractivity contribution in [2.24, 2.45) is 0 Å². The van der Waals surface area contributed by atoms with Gasteiger partial charge in [-0.15, -0.1) is 0 Å². The second kappa shape index (κ2) is 9.18. The van der Waals surface area contributed by atoms with Crippen molar-refractivity contribution in [1.82, 2.24) is 14.7 Å². The van der Waals surface area contributed by atoms with Crippen molar-refractivity contribution in [2.45, 2.75) is 51.8 Å². The third-order valence-electron chi connectivity index (χ3n) is 5.50. The molecule has 2 aliphatic rings. The van der Waals surface area contributed by atoms with Gasteiger partial charge in [-0.3, -0.25) is 19.5 Å². The van der Waals surface area contributed by atoms with Gasteiger partial charge in [0.15, 0.2) is 0 Å². The van der Waals surface area contributed by atoms with E-state index in [2.05, 4.69) is 45.0 Å². The summed E-state index contributed by atoms with van der Waals surface area (Å²) >= 11 is 0. The molecule has 27 heavy (non-hydrogen) atoms. The largest absolute Gasteiger partial charge is 0.459 e. The molecule has 0 N–H and O–H groups in total. The summed E-state index contributed by atoms with van der Waals surface area (Å²) in [7, 11) is 0. The van der Waals surface area contributed by atoms with Crippen LogP contribution in [-0.4, -0.2) is 78.1 Å². The first-order valence-corrected chi connectivity index (χ1v) is 10.3. The highest BCUT2D eigenvalue weighted by molar-refractivity contribution is 5.72. The zero-order valence-corrected chi connectivity index (χ0v) is 17.2. The quantitative estimate of drug-likeness (QED) is 0.742. The Balaban J connectivity index is 1.36. The molecule has 0 spiro atoms. The Morgan fingerprint density at radius 2 is 1.59 bits per heavy atom. The minimum absolute atomic E-state index is 0.106. The molecule has 2 saturated heterocycles. The molecule has 0 radical (unpaired) electrons. The highest BCUT2D eigenvalue weighted by Gasteiger charge is 2.28. The maximum absolute atomic E-state index is 12.0. The van der Waals surface area contributed by atoms with Crippen molar-refractivity contribution < 1.29 is 9.53 Å². The van der Waals surface area contributed by atoms with Gasteiger partial charge in [-0.25, -0.2) is 0 Å². The number of hydrogen-bond donors (Lipinski definition) is 0. The Kier molecular flexibility index (Phi) is 6.90. The van der Waals surface area contributed by atoms with E-state index in [0.717, 1.165) is 32.7 Å². The van der Waals surface area contributed by atoms with Crippen LogP contribution in [0.25, 0.3) is 0 Å². The van der Waals surface area contributed by atoms with Gasteiger partial charge in [0.05, 0.1) is 6.54 Å². The standard InChI is InChI=1S/C22H35N3O2/c1-22(2,3)27-21(26)18-24-13-15-25(16-14-24)20-9-11-23(12-10-20)17-19-7-5-4-6-8-19/h4-8,20H,9-18H2,1-3H3. The van der Waals surface area contributed by atoms with Crippen molar-refractivity contribution >= 4 is 5.97 Å². The third-order valence-corrected chi connectivity index (χ3v) is 5.50. The van der Waals surface area contributed by atoms with Gasteiger partial charge in [0.2, 0.25) is 0 Å². The van der Waals surface area contributed by atoms with Crippen LogP contribution in [0.5, 0.6) is 0 Å². The molecular weight excluding hydrogens is 338 g/mol. The van der Waals surface area contributed by atoms with E-state index in [1.165, 1.54) is 31.5 Å². The summed E-state index contributed by atoms with van der Waals surface area (Å²) in [4.78, 5) is 19.4. The van der Waals surface area contributed by atoms with E-state index < -0.39 is 5.60 Å². The lowest BCUT2D eigenvalue weighted by Gasteiger charge is -2.42. The smallest absolute Gasteiger partial charge is 0.320 e. The van der Waals surface area contributed by atoms with E-state index in [1.54, 1.807) is 0 Å². The molecule has 0 unspecified atom stereocenters. The fraction of sp³-hybridized carbons (Fsp3) is 0.682. The van der Waals surface area contributed by atoms with Crippen LogP contribution in [0.15, 0.2) is 30.3 Å². The summed E-state index contributed by atoms with van der Waals surface area (Å²) in [6, 6.07) is 11.5. The average Bonchev–Trinajstić information content (AvgIpc) is 2.62. The second-order valence-electron chi connectivity index (χ2n) is 8.89. The molecular formula is C22H35N3O2. The molecule has 5 nitrogen and oxygen atoms in total. The lowest BCUT2D eigenvalue weighted by molar-refractivity contribution is -0.156. The SMILES string of the molecule is CC(C)(C)OC(=O)CN1CCN(C2CCN(Cc3ccccc3)CC2)CC1. The Morgan fingerprint density at radius 3 is 2.19 bits per heavy atom. The molecule has 1 aromatic carbocycles. The third kappa shape index (κ3) is 6.59. The van der Waals surface area contributed by atoms with E-state index >= 15 is 0 Å². The second-order valence-corrected chi connectivity index (χ2v) is 8.89. The van der Waals surface area contributed by atoms with Crippen LogP contribution >= 0.6 is 0 Å². The number of carbonyl (C=O) groups is 1. The number of rotatable bonds is 5. The highest BCUT2D eigenvalue weighted by Crippen LogP contribution is 2.20. The van der Waals surface area contributed by atoms with Gasteiger partial charge >= 0.3 is 5.97 Å². The number of piperazine rings is 1. The number of likely N-dealkylation sites (tertiary alicyclic amines) is 1. The minimum Gasteiger partial charge on any atom is -0.459 e. The molecule has 2 fully saturated rings. The molecule has 0 bridgehead atoms. The maximum atomic E-state index is 12.0.